The highest BCUT2D eigenvalue weighted by Gasteiger charge is 2.21. The molecule has 3 nitrogen and oxygen atoms in total. The quantitative estimate of drug-likeness (QED) is 0.168. The van der Waals surface area contributed by atoms with Crippen molar-refractivity contribution in [2.24, 2.45) is 0 Å². The van der Waals surface area contributed by atoms with Crippen LogP contribution >= 0.6 is 11.3 Å². The number of fused-ring (bicyclic) bond motifs is 9. The zero-order valence-electron chi connectivity index (χ0n) is 31.3. The monoisotopic (exact) mass is 758 g/mol. The summed E-state index contributed by atoms with van der Waals surface area (Å²) in [4.78, 5) is 2.35. The van der Waals surface area contributed by atoms with Crippen LogP contribution < -0.4 is 4.90 Å². The summed E-state index contributed by atoms with van der Waals surface area (Å²) in [6.45, 7) is 0. The Morgan fingerprint density at radius 1 is 0.414 bits per heavy atom. The summed E-state index contributed by atoms with van der Waals surface area (Å²) < 4.78 is 11.4. The van der Waals surface area contributed by atoms with Crippen LogP contribution in [0.4, 0.5) is 17.1 Å². The molecule has 0 aliphatic rings. The van der Waals surface area contributed by atoms with E-state index in [2.05, 4.69) is 204 Å². The third-order valence-electron chi connectivity index (χ3n) is 11.6. The molecule has 4 heteroatoms. The number of benzene rings is 9. The van der Waals surface area contributed by atoms with E-state index in [0.717, 1.165) is 44.7 Å². The minimum Gasteiger partial charge on any atom is -0.456 e. The molecule has 0 spiro atoms. The largest absolute Gasteiger partial charge is 0.456 e. The van der Waals surface area contributed by atoms with E-state index in [-0.39, 0.29) is 0 Å². The van der Waals surface area contributed by atoms with Crippen molar-refractivity contribution in [1.29, 1.82) is 0 Å². The van der Waals surface area contributed by atoms with Gasteiger partial charge in [-0.05, 0) is 95.6 Å². The van der Waals surface area contributed by atoms with Gasteiger partial charge in [0.25, 0.3) is 0 Å². The van der Waals surface area contributed by atoms with Gasteiger partial charge < -0.3 is 13.9 Å². The van der Waals surface area contributed by atoms with Gasteiger partial charge in [-0.1, -0.05) is 127 Å². The molecule has 0 fully saturated rings. The molecule has 0 radical (unpaired) electrons. The Hall–Kier alpha value is -7.40. The molecule has 0 saturated heterocycles. The third kappa shape index (κ3) is 5.12. The first-order valence-electron chi connectivity index (χ1n) is 19.7. The van der Waals surface area contributed by atoms with E-state index in [1.807, 2.05) is 23.5 Å². The molecule has 3 aromatic heterocycles. The van der Waals surface area contributed by atoms with Crippen LogP contribution in [-0.2, 0) is 0 Å². The van der Waals surface area contributed by atoms with Gasteiger partial charge in [0.1, 0.15) is 11.2 Å². The molecule has 0 aliphatic carbocycles. The SMILES string of the molecule is c1ccc(-c2ccc3c(c2)c2ccccc2n3-c2cc(-c3ccc(N(c4ccccc4)c4cccc5oc6ccccc6c45)cc3)c3sc4ccccc4c3c2)cc1. The number of anilines is 3. The molecule has 58 heavy (non-hydrogen) atoms. The van der Waals surface area contributed by atoms with Crippen molar-refractivity contribution in [1.82, 2.24) is 4.57 Å². The Morgan fingerprint density at radius 2 is 1.07 bits per heavy atom. The molecule has 272 valence electrons. The van der Waals surface area contributed by atoms with Gasteiger partial charge in [-0.25, -0.2) is 0 Å². The topological polar surface area (TPSA) is 21.3 Å². The molecule has 0 amide bonds. The number of thiophene rings is 1. The highest BCUT2D eigenvalue weighted by atomic mass is 32.1. The smallest absolute Gasteiger partial charge is 0.137 e. The lowest BCUT2D eigenvalue weighted by molar-refractivity contribution is 0.669. The van der Waals surface area contributed by atoms with Crippen molar-refractivity contribution >= 4 is 92.3 Å². The first kappa shape index (κ1) is 32.8. The van der Waals surface area contributed by atoms with Crippen LogP contribution in [0.15, 0.2) is 211 Å². The van der Waals surface area contributed by atoms with E-state index in [0.29, 0.717) is 0 Å². The van der Waals surface area contributed by atoms with Crippen molar-refractivity contribution in [3.63, 3.8) is 0 Å². The molecule has 12 aromatic rings. The first-order valence-corrected chi connectivity index (χ1v) is 20.5. The highest BCUT2D eigenvalue weighted by Crippen LogP contribution is 2.46. The number of furan rings is 1. The lowest BCUT2D eigenvalue weighted by atomic mass is 10.0. The number of hydrogen-bond donors (Lipinski definition) is 0. The minimum atomic E-state index is 0.876. The maximum atomic E-state index is 6.35. The fourth-order valence-corrected chi connectivity index (χ4v) is 10.2. The van der Waals surface area contributed by atoms with Gasteiger partial charge in [-0.15, -0.1) is 11.3 Å². The molecule has 3 heterocycles. The molecular formula is C54H34N2OS. The second-order valence-corrected chi connectivity index (χ2v) is 15.9. The van der Waals surface area contributed by atoms with Crippen molar-refractivity contribution < 1.29 is 4.42 Å². The zero-order valence-corrected chi connectivity index (χ0v) is 32.2. The normalized spacial score (nSPS) is 11.8. The molecule has 0 atom stereocenters. The van der Waals surface area contributed by atoms with Gasteiger partial charge in [0, 0.05) is 59.0 Å². The predicted octanol–water partition coefficient (Wildman–Crippen LogP) is 15.9. The Kier molecular flexibility index (Phi) is 7.40. The molecule has 0 bridgehead atoms. The summed E-state index contributed by atoms with van der Waals surface area (Å²) in [6.07, 6.45) is 0. The molecule has 9 aromatic carbocycles. The van der Waals surface area contributed by atoms with Crippen LogP contribution in [0.25, 0.3) is 91.9 Å². The molecule has 0 saturated carbocycles. The third-order valence-corrected chi connectivity index (χ3v) is 12.8. The van der Waals surface area contributed by atoms with Crippen LogP contribution in [0.5, 0.6) is 0 Å². The van der Waals surface area contributed by atoms with E-state index in [1.54, 1.807) is 0 Å². The van der Waals surface area contributed by atoms with Gasteiger partial charge in [-0.3, -0.25) is 0 Å². The zero-order chi connectivity index (χ0) is 38.2. The number of hydrogen-bond acceptors (Lipinski definition) is 3. The molecule has 0 aliphatic heterocycles. The Morgan fingerprint density at radius 3 is 1.91 bits per heavy atom. The van der Waals surface area contributed by atoms with E-state index < -0.39 is 0 Å². The second kappa shape index (κ2) is 13.1. The van der Waals surface area contributed by atoms with Crippen LogP contribution in [0.2, 0.25) is 0 Å². The minimum absolute atomic E-state index is 0.876. The van der Waals surface area contributed by atoms with Crippen LogP contribution in [0, 0.1) is 0 Å². The second-order valence-electron chi connectivity index (χ2n) is 14.9. The Labute approximate surface area is 338 Å². The summed E-state index contributed by atoms with van der Waals surface area (Å²) in [7, 11) is 0. The van der Waals surface area contributed by atoms with Gasteiger partial charge >= 0.3 is 0 Å². The lowest BCUT2D eigenvalue weighted by Gasteiger charge is -2.26. The standard InChI is InChI=1S/C54H34N2OS/c1-3-14-35(15-4-1)37-28-31-48-45(32-37)41-18-7-10-21-47(41)56(48)40-33-44(54-46(34-40)42-19-9-12-25-52(42)58-54)36-26-29-39(30-27-36)55(38-16-5-2-6-17-38)49-22-13-24-51-53(49)43-20-8-11-23-50(43)57-51/h1-34H. The summed E-state index contributed by atoms with van der Waals surface area (Å²) in [6, 6.07) is 74.4. The first-order chi connectivity index (χ1) is 28.8. The van der Waals surface area contributed by atoms with Crippen molar-refractivity contribution in [3.05, 3.63) is 206 Å². The summed E-state index contributed by atoms with van der Waals surface area (Å²) in [5.41, 5.74) is 13.4. The average molecular weight is 759 g/mol. The van der Waals surface area contributed by atoms with Crippen molar-refractivity contribution in [3.8, 4) is 27.9 Å². The van der Waals surface area contributed by atoms with Crippen LogP contribution in [0.1, 0.15) is 0 Å². The molecule has 0 unspecified atom stereocenters. The number of aromatic nitrogens is 1. The fraction of sp³-hybridized carbons (Fsp3) is 0. The van der Waals surface area contributed by atoms with Crippen LogP contribution in [-0.4, -0.2) is 4.57 Å². The van der Waals surface area contributed by atoms with Crippen molar-refractivity contribution in [2.75, 3.05) is 4.90 Å². The molecular weight excluding hydrogens is 725 g/mol. The van der Waals surface area contributed by atoms with Gasteiger partial charge in [0.15, 0.2) is 0 Å². The summed E-state index contributed by atoms with van der Waals surface area (Å²) >= 11 is 1.87. The van der Waals surface area contributed by atoms with E-state index in [4.69, 9.17) is 4.42 Å². The molecule has 0 N–H and O–H groups in total. The Bertz CT molecular complexity index is 3500. The highest BCUT2D eigenvalue weighted by molar-refractivity contribution is 7.26. The van der Waals surface area contributed by atoms with Crippen LogP contribution in [0.3, 0.4) is 0 Å². The van der Waals surface area contributed by atoms with E-state index >= 15 is 0 Å². The average Bonchev–Trinajstić information content (AvgIpc) is 3.97. The van der Waals surface area contributed by atoms with E-state index in [1.165, 1.54) is 64.2 Å². The van der Waals surface area contributed by atoms with Gasteiger partial charge in [-0.2, -0.15) is 0 Å². The predicted molar refractivity (Wildman–Crippen MR) is 247 cm³/mol. The van der Waals surface area contributed by atoms with Gasteiger partial charge in [0.05, 0.1) is 22.1 Å². The Balaban J connectivity index is 1.06. The summed E-state index contributed by atoms with van der Waals surface area (Å²) in [5, 5.41) is 7.26. The fourth-order valence-electron chi connectivity index (χ4n) is 8.95. The maximum absolute atomic E-state index is 6.35. The number of nitrogens with zero attached hydrogens (tertiary/aromatic N) is 2. The van der Waals surface area contributed by atoms with Gasteiger partial charge in [0.2, 0.25) is 0 Å². The van der Waals surface area contributed by atoms with Crippen molar-refractivity contribution in [2.45, 2.75) is 0 Å². The molecule has 12 rings (SSSR count). The number of rotatable bonds is 6. The van der Waals surface area contributed by atoms with E-state index in [9.17, 15) is 0 Å². The number of para-hydroxylation sites is 3. The summed E-state index contributed by atoms with van der Waals surface area (Å²) in [5.74, 6) is 0. The maximum Gasteiger partial charge on any atom is 0.137 e. The lowest BCUT2D eigenvalue weighted by Crippen LogP contribution is -2.10.